The molecule has 1 saturated carbocycles. The molecule has 6 heteroatoms. The maximum Gasteiger partial charge on any atom is 0.284 e. The van der Waals surface area contributed by atoms with Crippen molar-refractivity contribution >= 4 is 22.7 Å². The van der Waals surface area contributed by atoms with E-state index in [0.29, 0.717) is 41.1 Å². The second-order valence-electron chi connectivity index (χ2n) is 6.67. The average molecular weight is 355 g/mol. The quantitative estimate of drug-likeness (QED) is 0.639. The summed E-state index contributed by atoms with van der Waals surface area (Å²) in [5, 5.41) is 0.514. The van der Waals surface area contributed by atoms with Crippen molar-refractivity contribution in [2.75, 3.05) is 0 Å². The van der Waals surface area contributed by atoms with Crippen LogP contribution in [0.3, 0.4) is 0 Å². The molecule has 1 amide bonds. The van der Waals surface area contributed by atoms with Gasteiger partial charge in [-0.25, -0.2) is 4.39 Å². The molecule has 2 N–H and O–H groups in total. The summed E-state index contributed by atoms with van der Waals surface area (Å²) in [7, 11) is 0. The van der Waals surface area contributed by atoms with Crippen LogP contribution in [0.5, 0.6) is 0 Å². The predicted molar refractivity (Wildman–Crippen MR) is 92.6 cm³/mol. The van der Waals surface area contributed by atoms with Crippen molar-refractivity contribution in [3.8, 4) is 0 Å². The molecule has 26 heavy (non-hydrogen) atoms. The summed E-state index contributed by atoms with van der Waals surface area (Å²) in [4.78, 5) is 23.9. The Hall–Kier alpha value is -2.89. The van der Waals surface area contributed by atoms with E-state index in [1.165, 1.54) is 18.2 Å². The lowest BCUT2D eigenvalue weighted by molar-refractivity contribution is 0.0951. The number of aryl methyl sites for hydroxylation is 1. The minimum atomic E-state index is -0.706. The highest BCUT2D eigenvalue weighted by Crippen LogP contribution is 2.40. The van der Waals surface area contributed by atoms with E-state index < -0.39 is 11.7 Å². The van der Waals surface area contributed by atoms with Crippen LogP contribution in [0, 0.1) is 5.82 Å². The Morgan fingerprint density at radius 1 is 1.15 bits per heavy atom. The topological polar surface area (TPSA) is 86.4 Å². The van der Waals surface area contributed by atoms with E-state index >= 15 is 0 Å². The molecule has 0 saturated heterocycles. The molecule has 5 nitrogen and oxygen atoms in total. The second kappa shape index (κ2) is 6.44. The zero-order valence-corrected chi connectivity index (χ0v) is 14.1. The van der Waals surface area contributed by atoms with Gasteiger partial charge in [0.25, 0.3) is 5.91 Å². The van der Waals surface area contributed by atoms with Crippen molar-refractivity contribution in [2.45, 2.75) is 38.0 Å². The van der Waals surface area contributed by atoms with Crippen molar-refractivity contribution in [1.82, 2.24) is 0 Å². The summed E-state index contributed by atoms with van der Waals surface area (Å²) in [5.41, 5.74) is 6.31. The van der Waals surface area contributed by atoms with Gasteiger partial charge in [-0.15, -0.1) is 0 Å². The molecule has 0 atom stereocenters. The third-order valence-electron chi connectivity index (χ3n) is 4.69. The van der Waals surface area contributed by atoms with Crippen molar-refractivity contribution in [3.05, 3.63) is 59.0 Å². The normalized spacial score (nSPS) is 14.0. The van der Waals surface area contributed by atoms with Crippen molar-refractivity contribution in [1.29, 1.82) is 0 Å². The molecule has 1 aliphatic rings. The Morgan fingerprint density at radius 2 is 1.96 bits per heavy atom. The zero-order valence-electron chi connectivity index (χ0n) is 14.1. The van der Waals surface area contributed by atoms with Gasteiger partial charge in [0.1, 0.15) is 17.2 Å². The monoisotopic (exact) mass is 355 g/mol. The van der Waals surface area contributed by atoms with Crippen molar-refractivity contribution in [2.24, 2.45) is 5.73 Å². The molecular formula is C20H18FNO4. The minimum Gasteiger partial charge on any atom is -0.458 e. The number of hydrogen-bond acceptors (Lipinski definition) is 4. The summed E-state index contributed by atoms with van der Waals surface area (Å²) in [6.45, 7) is 0. The van der Waals surface area contributed by atoms with E-state index in [-0.39, 0.29) is 18.0 Å². The van der Waals surface area contributed by atoms with Crippen LogP contribution in [0.25, 0.3) is 11.0 Å². The van der Waals surface area contributed by atoms with Gasteiger partial charge in [-0.1, -0.05) is 0 Å². The van der Waals surface area contributed by atoms with Crippen molar-refractivity contribution < 1.29 is 22.8 Å². The SMILES string of the molecule is NC(=O)c1oc2ccc(F)cc2c1CCCC(=O)c1ccc(C2CC2)o1. The second-order valence-corrected chi connectivity index (χ2v) is 6.67. The molecule has 1 fully saturated rings. The van der Waals surface area contributed by atoms with Gasteiger partial charge in [-0.05, 0) is 56.0 Å². The Balaban J connectivity index is 1.48. The summed E-state index contributed by atoms with van der Waals surface area (Å²) in [6, 6.07) is 7.62. The maximum absolute atomic E-state index is 13.5. The van der Waals surface area contributed by atoms with Crippen LogP contribution in [0.15, 0.2) is 39.2 Å². The molecule has 0 unspecified atom stereocenters. The van der Waals surface area contributed by atoms with E-state index in [2.05, 4.69) is 0 Å². The average Bonchev–Trinajstić information content (AvgIpc) is 3.23. The molecule has 1 aromatic carbocycles. The summed E-state index contributed by atoms with van der Waals surface area (Å²) >= 11 is 0. The number of amides is 1. The lowest BCUT2D eigenvalue weighted by Gasteiger charge is -2.01. The number of furan rings is 2. The molecule has 2 heterocycles. The van der Waals surface area contributed by atoms with Gasteiger partial charge < -0.3 is 14.6 Å². The van der Waals surface area contributed by atoms with E-state index in [4.69, 9.17) is 14.6 Å². The Labute approximate surface area is 149 Å². The van der Waals surface area contributed by atoms with Crippen LogP contribution >= 0.6 is 0 Å². The number of ketones is 1. The van der Waals surface area contributed by atoms with Crippen LogP contribution < -0.4 is 5.73 Å². The highest BCUT2D eigenvalue weighted by Gasteiger charge is 2.27. The van der Waals surface area contributed by atoms with Gasteiger partial charge in [0.2, 0.25) is 0 Å². The maximum atomic E-state index is 13.5. The Morgan fingerprint density at radius 3 is 2.69 bits per heavy atom. The molecule has 0 bridgehead atoms. The number of benzene rings is 1. The third kappa shape index (κ3) is 3.14. The van der Waals surface area contributed by atoms with Crippen LogP contribution in [0.4, 0.5) is 4.39 Å². The van der Waals surface area contributed by atoms with E-state index in [0.717, 1.165) is 18.6 Å². The van der Waals surface area contributed by atoms with Gasteiger partial charge in [0.15, 0.2) is 17.3 Å². The summed E-state index contributed by atoms with van der Waals surface area (Å²) in [6.07, 6.45) is 3.35. The fraction of sp³-hybridized carbons (Fsp3) is 0.300. The predicted octanol–water partition coefficient (Wildman–Crippen LogP) is 4.35. The van der Waals surface area contributed by atoms with Gasteiger partial charge in [-0.3, -0.25) is 9.59 Å². The van der Waals surface area contributed by atoms with Crippen molar-refractivity contribution in [3.63, 3.8) is 0 Å². The van der Waals surface area contributed by atoms with E-state index in [1.54, 1.807) is 6.07 Å². The number of primary amides is 1. The summed E-state index contributed by atoms with van der Waals surface area (Å²) < 4.78 is 24.6. The molecule has 1 aliphatic carbocycles. The first-order valence-electron chi connectivity index (χ1n) is 8.66. The number of fused-ring (bicyclic) bond motifs is 1. The van der Waals surface area contributed by atoms with Gasteiger partial charge >= 0.3 is 0 Å². The number of Topliss-reactive ketones (excluding diaryl/α,β-unsaturated/α-hetero) is 1. The summed E-state index contributed by atoms with van der Waals surface area (Å²) in [5.74, 6) is 0.508. The fourth-order valence-electron chi connectivity index (χ4n) is 3.21. The standard InChI is InChI=1S/C20H18FNO4/c21-12-6-7-17-14(10-12)13(19(26-17)20(22)24)2-1-3-15(23)18-9-8-16(25-18)11-4-5-11/h6-11H,1-5H2,(H2,22,24). The number of nitrogens with two attached hydrogens (primary N) is 1. The largest absolute Gasteiger partial charge is 0.458 e. The van der Waals surface area contributed by atoms with Gasteiger partial charge in [0, 0.05) is 23.3 Å². The first-order valence-corrected chi connectivity index (χ1v) is 8.66. The molecule has 2 aromatic heterocycles. The number of carbonyl (C=O) groups is 2. The molecular weight excluding hydrogens is 337 g/mol. The van der Waals surface area contributed by atoms with Crippen LogP contribution in [0.2, 0.25) is 0 Å². The highest BCUT2D eigenvalue weighted by molar-refractivity contribution is 5.98. The van der Waals surface area contributed by atoms with Crippen LogP contribution in [-0.2, 0) is 6.42 Å². The fourth-order valence-corrected chi connectivity index (χ4v) is 3.21. The number of halogens is 1. The lowest BCUT2D eigenvalue weighted by atomic mass is 10.0. The van der Waals surface area contributed by atoms with Crippen LogP contribution in [-0.4, -0.2) is 11.7 Å². The van der Waals surface area contributed by atoms with Gasteiger partial charge in [-0.2, -0.15) is 0 Å². The number of carbonyl (C=O) groups excluding carboxylic acids is 2. The Kier molecular flexibility index (Phi) is 4.11. The number of rotatable bonds is 7. The third-order valence-corrected chi connectivity index (χ3v) is 4.69. The zero-order chi connectivity index (χ0) is 18.3. The van der Waals surface area contributed by atoms with E-state index in [1.807, 2.05) is 6.07 Å². The lowest BCUT2D eigenvalue weighted by Crippen LogP contribution is -2.12. The first kappa shape index (κ1) is 16.6. The first-order chi connectivity index (χ1) is 12.5. The molecule has 0 aliphatic heterocycles. The van der Waals surface area contributed by atoms with Crippen LogP contribution in [0.1, 0.15) is 64.0 Å². The Bertz CT molecular complexity index is 997. The highest BCUT2D eigenvalue weighted by atomic mass is 19.1. The van der Waals surface area contributed by atoms with Gasteiger partial charge in [0.05, 0.1) is 0 Å². The van der Waals surface area contributed by atoms with E-state index in [9.17, 15) is 14.0 Å². The molecule has 0 radical (unpaired) electrons. The molecule has 134 valence electrons. The smallest absolute Gasteiger partial charge is 0.284 e. The molecule has 3 aromatic rings. The number of hydrogen-bond donors (Lipinski definition) is 1. The molecule has 0 spiro atoms. The minimum absolute atomic E-state index is 0.0204. The molecule has 4 rings (SSSR count).